The summed E-state index contributed by atoms with van der Waals surface area (Å²) in [5.74, 6) is 0. The van der Waals surface area contributed by atoms with Gasteiger partial charge in [0.15, 0.2) is 0 Å². The largest absolute Gasteiger partial charge is 0.310 e. The van der Waals surface area contributed by atoms with Crippen LogP contribution in [0.2, 0.25) is 0 Å². The maximum atomic E-state index is 2.51. The van der Waals surface area contributed by atoms with Crippen LogP contribution >= 0.6 is 0 Å². The zero-order valence-corrected chi connectivity index (χ0v) is 28.2. The number of para-hydroxylation sites is 3. The third-order valence-electron chi connectivity index (χ3n) is 11.2. The van der Waals surface area contributed by atoms with Crippen molar-refractivity contribution in [3.8, 4) is 11.1 Å². The van der Waals surface area contributed by atoms with Crippen molar-refractivity contribution in [3.05, 3.63) is 257 Å². The SMILES string of the molecule is c1ccc(N(c2ccccc2)c2ccccc2-c2ccc3c(c2)C2(c4ccccc4)c4ccccc4C3(c3ccccc3)c3ccccc32)cc1. The fourth-order valence-corrected chi connectivity index (χ4v) is 9.30. The summed E-state index contributed by atoms with van der Waals surface area (Å²) in [6.45, 7) is 0. The molecule has 0 fully saturated rings. The van der Waals surface area contributed by atoms with Gasteiger partial charge in [-0.15, -0.1) is 0 Å². The van der Waals surface area contributed by atoms with E-state index in [0.717, 1.165) is 17.1 Å². The Morgan fingerprint density at radius 1 is 0.294 bits per heavy atom. The molecule has 1 heteroatoms. The molecule has 0 saturated carbocycles. The molecule has 1 nitrogen and oxygen atoms in total. The standard InChI is InChI=1S/C50H35N/c1-5-19-37(20-6-1)49-42-28-14-16-30-44(42)50(38-21-7-2-8-22-38,45-31-17-15-29-43(45)49)47-35-36(33-34-46(47)49)41-27-13-18-32-48(41)51(39-23-9-3-10-24-39)40-25-11-4-12-26-40/h1-35H. The molecule has 240 valence electrons. The molecule has 0 aliphatic heterocycles. The molecular weight excluding hydrogens is 615 g/mol. The van der Waals surface area contributed by atoms with Crippen LogP contribution in [-0.2, 0) is 10.8 Å². The number of anilines is 3. The van der Waals surface area contributed by atoms with E-state index in [4.69, 9.17) is 0 Å². The molecule has 0 N–H and O–H groups in total. The third kappa shape index (κ3) is 4.09. The number of benzene rings is 8. The monoisotopic (exact) mass is 649 g/mol. The first-order valence-electron chi connectivity index (χ1n) is 17.8. The summed E-state index contributed by atoms with van der Waals surface area (Å²) >= 11 is 0. The predicted molar refractivity (Wildman–Crippen MR) is 210 cm³/mol. The smallest absolute Gasteiger partial charge is 0.0711 e. The minimum absolute atomic E-state index is 0.460. The van der Waals surface area contributed by atoms with Crippen LogP contribution in [0.15, 0.2) is 212 Å². The lowest BCUT2D eigenvalue weighted by atomic mass is 9.44. The number of rotatable bonds is 6. The second kappa shape index (κ2) is 11.6. The molecule has 3 aliphatic rings. The van der Waals surface area contributed by atoms with Crippen molar-refractivity contribution in [2.24, 2.45) is 0 Å². The predicted octanol–water partition coefficient (Wildman–Crippen LogP) is 12.2. The highest BCUT2D eigenvalue weighted by atomic mass is 15.1. The maximum absolute atomic E-state index is 2.51. The van der Waals surface area contributed by atoms with Crippen molar-refractivity contribution >= 4 is 17.1 Å². The Labute approximate surface area is 299 Å². The average molecular weight is 650 g/mol. The Morgan fingerprint density at radius 3 is 1.16 bits per heavy atom. The zero-order chi connectivity index (χ0) is 33.8. The summed E-state index contributed by atoms with van der Waals surface area (Å²) in [5.41, 5.74) is 15.5. The Hall–Kier alpha value is -6.44. The van der Waals surface area contributed by atoms with Gasteiger partial charge in [-0.05, 0) is 86.5 Å². The normalized spacial score (nSPS) is 18.0. The van der Waals surface area contributed by atoms with Gasteiger partial charge in [0.05, 0.1) is 16.5 Å². The summed E-state index contributed by atoms with van der Waals surface area (Å²) in [4.78, 5) is 2.38. The summed E-state index contributed by atoms with van der Waals surface area (Å²) in [5, 5.41) is 0. The molecular formula is C50H35N. The maximum Gasteiger partial charge on any atom is 0.0711 e. The van der Waals surface area contributed by atoms with Crippen LogP contribution in [0.5, 0.6) is 0 Å². The lowest BCUT2D eigenvalue weighted by Gasteiger charge is -2.57. The summed E-state index contributed by atoms with van der Waals surface area (Å²) in [6.07, 6.45) is 0. The van der Waals surface area contributed by atoms with Gasteiger partial charge in [0, 0.05) is 16.9 Å². The van der Waals surface area contributed by atoms with Gasteiger partial charge in [-0.25, -0.2) is 0 Å². The van der Waals surface area contributed by atoms with Gasteiger partial charge in [-0.2, -0.15) is 0 Å². The van der Waals surface area contributed by atoms with Crippen molar-refractivity contribution < 1.29 is 0 Å². The first kappa shape index (κ1) is 29.5. The molecule has 8 aromatic carbocycles. The lowest BCUT2D eigenvalue weighted by molar-refractivity contribution is 0.557. The highest BCUT2D eigenvalue weighted by Gasteiger charge is 2.59. The Kier molecular flexibility index (Phi) is 6.69. The van der Waals surface area contributed by atoms with Crippen molar-refractivity contribution in [2.75, 3.05) is 4.90 Å². The van der Waals surface area contributed by atoms with Gasteiger partial charge in [-0.3, -0.25) is 0 Å². The molecule has 2 bridgehead atoms. The topological polar surface area (TPSA) is 3.24 Å². The molecule has 0 amide bonds. The molecule has 0 radical (unpaired) electrons. The van der Waals surface area contributed by atoms with E-state index in [1.165, 1.54) is 55.6 Å². The molecule has 0 spiro atoms. The molecule has 51 heavy (non-hydrogen) atoms. The van der Waals surface area contributed by atoms with Crippen LogP contribution in [0.1, 0.15) is 44.5 Å². The van der Waals surface area contributed by atoms with Gasteiger partial charge in [0.25, 0.3) is 0 Å². The van der Waals surface area contributed by atoms with Crippen molar-refractivity contribution in [1.82, 2.24) is 0 Å². The number of hydrogen-bond acceptors (Lipinski definition) is 1. The van der Waals surface area contributed by atoms with Crippen LogP contribution in [-0.4, -0.2) is 0 Å². The molecule has 0 unspecified atom stereocenters. The Balaban J connectivity index is 1.31. The quantitative estimate of drug-likeness (QED) is 0.173. The molecule has 11 rings (SSSR count). The van der Waals surface area contributed by atoms with Crippen molar-refractivity contribution in [2.45, 2.75) is 10.8 Å². The highest BCUT2D eigenvalue weighted by Crippen LogP contribution is 2.66. The molecule has 0 atom stereocenters. The summed E-state index contributed by atoms with van der Waals surface area (Å²) in [7, 11) is 0. The van der Waals surface area contributed by atoms with Crippen LogP contribution in [0.4, 0.5) is 17.1 Å². The Morgan fingerprint density at radius 2 is 0.667 bits per heavy atom. The number of nitrogens with zero attached hydrogens (tertiary/aromatic N) is 1. The summed E-state index contributed by atoms with van der Waals surface area (Å²) in [6, 6.07) is 78.3. The van der Waals surface area contributed by atoms with E-state index < -0.39 is 10.8 Å². The second-order valence-corrected chi connectivity index (χ2v) is 13.6. The van der Waals surface area contributed by atoms with E-state index in [2.05, 4.69) is 217 Å². The van der Waals surface area contributed by atoms with Crippen LogP contribution in [0, 0.1) is 0 Å². The fourth-order valence-electron chi connectivity index (χ4n) is 9.30. The van der Waals surface area contributed by atoms with Gasteiger partial charge in [0.2, 0.25) is 0 Å². The third-order valence-corrected chi connectivity index (χ3v) is 11.2. The molecule has 8 aromatic rings. The molecule has 3 aliphatic carbocycles. The fraction of sp³-hybridized carbons (Fsp3) is 0.0400. The molecule has 0 heterocycles. The van der Waals surface area contributed by atoms with Gasteiger partial charge in [-0.1, -0.05) is 176 Å². The Bertz CT molecular complexity index is 2430. The summed E-state index contributed by atoms with van der Waals surface area (Å²) < 4.78 is 0. The van der Waals surface area contributed by atoms with E-state index in [1.54, 1.807) is 0 Å². The van der Waals surface area contributed by atoms with Crippen molar-refractivity contribution in [3.63, 3.8) is 0 Å². The highest BCUT2D eigenvalue weighted by molar-refractivity contribution is 5.90. The van der Waals surface area contributed by atoms with Crippen molar-refractivity contribution in [1.29, 1.82) is 0 Å². The van der Waals surface area contributed by atoms with E-state index in [0.29, 0.717) is 0 Å². The van der Waals surface area contributed by atoms with E-state index in [9.17, 15) is 0 Å². The minimum Gasteiger partial charge on any atom is -0.310 e. The van der Waals surface area contributed by atoms with E-state index >= 15 is 0 Å². The van der Waals surface area contributed by atoms with Crippen LogP contribution < -0.4 is 4.90 Å². The van der Waals surface area contributed by atoms with E-state index in [-0.39, 0.29) is 0 Å². The van der Waals surface area contributed by atoms with Crippen LogP contribution in [0.25, 0.3) is 11.1 Å². The minimum atomic E-state index is -0.496. The average Bonchev–Trinajstić information content (AvgIpc) is 3.22. The molecule has 0 aromatic heterocycles. The van der Waals surface area contributed by atoms with Crippen LogP contribution in [0.3, 0.4) is 0 Å². The number of hydrogen-bond donors (Lipinski definition) is 0. The van der Waals surface area contributed by atoms with Gasteiger partial charge < -0.3 is 4.90 Å². The first-order chi connectivity index (χ1) is 25.3. The second-order valence-electron chi connectivity index (χ2n) is 13.6. The molecule has 0 saturated heterocycles. The zero-order valence-electron chi connectivity index (χ0n) is 28.2. The first-order valence-corrected chi connectivity index (χ1v) is 17.8. The lowest BCUT2D eigenvalue weighted by Crippen LogP contribution is -2.51. The van der Waals surface area contributed by atoms with E-state index in [1.807, 2.05) is 0 Å². The van der Waals surface area contributed by atoms with Gasteiger partial charge >= 0.3 is 0 Å². The van der Waals surface area contributed by atoms with Gasteiger partial charge in [0.1, 0.15) is 0 Å².